The maximum absolute atomic E-state index is 13.8. The number of nitrogens with zero attached hydrogens (tertiary/aromatic N) is 2. The maximum atomic E-state index is 13.8. The Hall–Kier alpha value is -4.73. The standard InChI is InChI=1S/C40H47N3O6/c1-7-48-39(45)34-28(4)41-29(5)35(36(34)32-9-8-10-33(25-32)38(44)47-6)40(46)49-24-23-42-19-21-43(22-20-42)37(30-15-11-26(2)12-16-30)31-17-13-27(3)14-18-31/h8-18,25,36-37,41H,7,19-24H2,1-6H3. The molecule has 9 heteroatoms. The molecule has 0 aliphatic carbocycles. The molecule has 9 nitrogen and oxygen atoms in total. The Labute approximate surface area is 289 Å². The number of benzene rings is 3. The molecule has 0 amide bonds. The number of esters is 3. The summed E-state index contributed by atoms with van der Waals surface area (Å²) in [6.45, 7) is 13.9. The molecule has 258 valence electrons. The van der Waals surface area contributed by atoms with Crippen LogP contribution in [-0.2, 0) is 23.8 Å². The van der Waals surface area contributed by atoms with Crippen molar-refractivity contribution in [1.29, 1.82) is 0 Å². The van der Waals surface area contributed by atoms with Gasteiger partial charge in [0.25, 0.3) is 0 Å². The normalized spacial score (nSPS) is 17.2. The Bertz CT molecular complexity index is 1670. The highest BCUT2D eigenvalue weighted by Crippen LogP contribution is 2.39. The highest BCUT2D eigenvalue weighted by atomic mass is 16.5. The molecular formula is C40H47N3O6. The lowest BCUT2D eigenvalue weighted by molar-refractivity contribution is -0.140. The molecule has 0 aromatic heterocycles. The number of nitrogens with one attached hydrogen (secondary N) is 1. The van der Waals surface area contributed by atoms with Crippen molar-refractivity contribution < 1.29 is 28.6 Å². The van der Waals surface area contributed by atoms with Crippen LogP contribution in [0.15, 0.2) is 95.3 Å². The minimum absolute atomic E-state index is 0.162. The second kappa shape index (κ2) is 16.1. The molecule has 0 bridgehead atoms. The zero-order chi connectivity index (χ0) is 35.1. The van der Waals surface area contributed by atoms with Crippen LogP contribution < -0.4 is 5.32 Å². The Balaban J connectivity index is 1.27. The van der Waals surface area contributed by atoms with Crippen molar-refractivity contribution in [3.8, 4) is 0 Å². The van der Waals surface area contributed by atoms with Crippen LogP contribution in [0.25, 0.3) is 0 Å². The van der Waals surface area contributed by atoms with Crippen LogP contribution in [0, 0.1) is 13.8 Å². The van der Waals surface area contributed by atoms with E-state index >= 15 is 0 Å². The van der Waals surface area contributed by atoms with Gasteiger partial charge in [0.15, 0.2) is 0 Å². The zero-order valence-corrected chi connectivity index (χ0v) is 29.4. The summed E-state index contributed by atoms with van der Waals surface area (Å²) >= 11 is 0. The van der Waals surface area contributed by atoms with E-state index in [2.05, 4.69) is 77.5 Å². The van der Waals surface area contributed by atoms with Gasteiger partial charge in [-0.2, -0.15) is 0 Å². The van der Waals surface area contributed by atoms with E-state index in [4.69, 9.17) is 14.2 Å². The maximum Gasteiger partial charge on any atom is 0.337 e. The predicted molar refractivity (Wildman–Crippen MR) is 189 cm³/mol. The number of piperazine rings is 1. The molecule has 2 aliphatic heterocycles. The van der Waals surface area contributed by atoms with Gasteiger partial charge in [-0.1, -0.05) is 71.8 Å². The summed E-state index contributed by atoms with van der Waals surface area (Å²) in [6, 6.07) is 24.5. The van der Waals surface area contributed by atoms with Gasteiger partial charge in [-0.05, 0) is 63.4 Å². The third kappa shape index (κ3) is 8.29. The molecule has 3 aromatic carbocycles. The van der Waals surface area contributed by atoms with E-state index in [1.807, 2.05) is 0 Å². The molecule has 2 heterocycles. The molecule has 0 radical (unpaired) electrons. The van der Waals surface area contributed by atoms with Gasteiger partial charge in [0.2, 0.25) is 0 Å². The van der Waals surface area contributed by atoms with E-state index in [-0.39, 0.29) is 19.3 Å². The minimum Gasteiger partial charge on any atom is -0.465 e. The molecule has 1 saturated heterocycles. The lowest BCUT2D eigenvalue weighted by Crippen LogP contribution is -2.48. The lowest BCUT2D eigenvalue weighted by Gasteiger charge is -2.39. The molecule has 2 aliphatic rings. The highest BCUT2D eigenvalue weighted by molar-refractivity contribution is 6.00. The molecule has 3 aromatic rings. The van der Waals surface area contributed by atoms with E-state index in [9.17, 15) is 14.4 Å². The molecule has 1 fully saturated rings. The Kier molecular flexibility index (Phi) is 11.7. The monoisotopic (exact) mass is 665 g/mol. The molecule has 1 unspecified atom stereocenters. The summed E-state index contributed by atoms with van der Waals surface area (Å²) in [5.74, 6) is -2.36. The third-order valence-corrected chi connectivity index (χ3v) is 9.32. The lowest BCUT2D eigenvalue weighted by atomic mass is 9.80. The van der Waals surface area contributed by atoms with Gasteiger partial charge >= 0.3 is 17.9 Å². The molecule has 49 heavy (non-hydrogen) atoms. The quantitative estimate of drug-likeness (QED) is 0.200. The highest BCUT2D eigenvalue weighted by Gasteiger charge is 2.38. The van der Waals surface area contributed by atoms with Gasteiger partial charge in [-0.3, -0.25) is 9.80 Å². The second-order valence-electron chi connectivity index (χ2n) is 12.7. The Morgan fingerprint density at radius 1 is 0.755 bits per heavy atom. The van der Waals surface area contributed by atoms with E-state index < -0.39 is 23.8 Å². The van der Waals surface area contributed by atoms with Crippen molar-refractivity contribution >= 4 is 17.9 Å². The van der Waals surface area contributed by atoms with E-state index in [1.165, 1.54) is 29.4 Å². The second-order valence-corrected chi connectivity index (χ2v) is 12.7. The SMILES string of the molecule is CCOC(=O)C1=C(C)NC(C)=C(C(=O)OCCN2CCN(C(c3ccc(C)cc3)c3ccc(C)cc3)CC2)C1c1cccc(C(=O)OC)c1. The largest absolute Gasteiger partial charge is 0.465 e. The van der Waals surface area contributed by atoms with Crippen molar-refractivity contribution in [2.75, 3.05) is 53.0 Å². The summed E-state index contributed by atoms with van der Waals surface area (Å²) in [6.07, 6.45) is 0. The first-order chi connectivity index (χ1) is 23.6. The van der Waals surface area contributed by atoms with Gasteiger partial charge in [0.05, 0.1) is 42.4 Å². The topological polar surface area (TPSA) is 97.4 Å². The van der Waals surface area contributed by atoms with Crippen molar-refractivity contribution in [2.24, 2.45) is 0 Å². The number of dihydropyridines is 1. The Morgan fingerprint density at radius 3 is 1.84 bits per heavy atom. The first-order valence-corrected chi connectivity index (χ1v) is 16.9. The smallest absolute Gasteiger partial charge is 0.337 e. The number of allylic oxidation sites excluding steroid dienone is 2. The number of methoxy groups -OCH3 is 1. The molecule has 0 saturated carbocycles. The summed E-state index contributed by atoms with van der Waals surface area (Å²) in [4.78, 5) is 44.3. The van der Waals surface area contributed by atoms with Crippen LogP contribution in [0.4, 0.5) is 0 Å². The number of rotatable bonds is 11. The van der Waals surface area contributed by atoms with E-state index in [0.29, 0.717) is 40.2 Å². The summed E-state index contributed by atoms with van der Waals surface area (Å²) < 4.78 is 16.2. The minimum atomic E-state index is -0.790. The average molecular weight is 666 g/mol. The van der Waals surface area contributed by atoms with Crippen LogP contribution in [0.3, 0.4) is 0 Å². The van der Waals surface area contributed by atoms with E-state index in [1.54, 1.807) is 45.0 Å². The number of carbonyl (C=O) groups is 3. The number of hydrogen-bond donors (Lipinski definition) is 1. The molecule has 1 atom stereocenters. The summed E-state index contributed by atoms with van der Waals surface area (Å²) in [7, 11) is 1.31. The zero-order valence-electron chi connectivity index (χ0n) is 29.4. The third-order valence-electron chi connectivity index (χ3n) is 9.32. The number of aryl methyl sites for hydroxylation is 2. The fourth-order valence-electron chi connectivity index (χ4n) is 6.74. The van der Waals surface area contributed by atoms with Crippen LogP contribution >= 0.6 is 0 Å². The van der Waals surface area contributed by atoms with Crippen LogP contribution in [0.2, 0.25) is 0 Å². The first kappa shape index (κ1) is 35.6. The summed E-state index contributed by atoms with van der Waals surface area (Å²) in [5.41, 5.74) is 7.70. The average Bonchev–Trinajstić information content (AvgIpc) is 3.10. The Morgan fingerprint density at radius 2 is 1.31 bits per heavy atom. The van der Waals surface area contributed by atoms with Gasteiger partial charge in [-0.25, -0.2) is 14.4 Å². The van der Waals surface area contributed by atoms with E-state index in [0.717, 1.165) is 26.2 Å². The van der Waals surface area contributed by atoms with Crippen LogP contribution in [0.5, 0.6) is 0 Å². The molecule has 5 rings (SSSR count). The predicted octanol–water partition coefficient (Wildman–Crippen LogP) is 5.84. The van der Waals surface area contributed by atoms with Crippen molar-refractivity contribution in [2.45, 2.75) is 46.6 Å². The van der Waals surface area contributed by atoms with Gasteiger partial charge in [0.1, 0.15) is 6.61 Å². The van der Waals surface area contributed by atoms with Crippen LogP contribution in [-0.4, -0.2) is 80.8 Å². The molecule has 0 spiro atoms. The fourth-order valence-corrected chi connectivity index (χ4v) is 6.74. The molecular weight excluding hydrogens is 618 g/mol. The summed E-state index contributed by atoms with van der Waals surface area (Å²) in [5, 5.41) is 3.19. The fraction of sp³-hybridized carbons (Fsp3) is 0.375. The number of carbonyl (C=O) groups excluding carboxylic acids is 3. The van der Waals surface area contributed by atoms with Crippen LogP contribution in [0.1, 0.15) is 70.9 Å². The van der Waals surface area contributed by atoms with Gasteiger partial charge in [0, 0.05) is 44.1 Å². The van der Waals surface area contributed by atoms with Crippen molar-refractivity contribution in [3.63, 3.8) is 0 Å². The molecule has 1 N–H and O–H groups in total. The number of hydrogen-bond acceptors (Lipinski definition) is 9. The van der Waals surface area contributed by atoms with Crippen molar-refractivity contribution in [3.05, 3.63) is 129 Å². The van der Waals surface area contributed by atoms with Gasteiger partial charge in [-0.15, -0.1) is 0 Å². The van der Waals surface area contributed by atoms with Crippen molar-refractivity contribution in [1.82, 2.24) is 15.1 Å². The van der Waals surface area contributed by atoms with Gasteiger partial charge < -0.3 is 19.5 Å². The number of ether oxygens (including phenoxy) is 3. The first-order valence-electron chi connectivity index (χ1n) is 16.9.